The topological polar surface area (TPSA) is 16.4 Å². The van der Waals surface area contributed by atoms with Crippen molar-refractivity contribution in [3.8, 4) is 33.4 Å². The summed E-state index contributed by atoms with van der Waals surface area (Å²) in [7, 11) is 0. The molecule has 0 radical (unpaired) electrons. The molecule has 0 amide bonds. The van der Waals surface area contributed by atoms with Crippen molar-refractivity contribution in [1.82, 2.24) is 0 Å². The fraction of sp³-hybridized carbons (Fsp3) is 0.236. The lowest BCUT2D eigenvalue weighted by atomic mass is 9.80. The average Bonchev–Trinajstić information content (AvgIpc) is 3.83. The predicted molar refractivity (Wildman–Crippen MR) is 240 cm³/mol. The van der Waals surface area contributed by atoms with Crippen LogP contribution in [0.4, 0.5) is 17.1 Å². The molecule has 0 N–H and O–H groups in total. The van der Waals surface area contributed by atoms with E-state index in [1.807, 2.05) is 0 Å². The molecule has 2 nitrogen and oxygen atoms in total. The van der Waals surface area contributed by atoms with Crippen molar-refractivity contribution in [3.05, 3.63) is 172 Å². The van der Waals surface area contributed by atoms with Crippen molar-refractivity contribution in [1.29, 1.82) is 0 Å². The maximum Gasteiger partial charge on any atom is 0.139 e. The van der Waals surface area contributed by atoms with Crippen LogP contribution in [0.15, 0.2) is 138 Å². The van der Waals surface area contributed by atoms with E-state index >= 15 is 0 Å². The minimum absolute atomic E-state index is 0.0246. The Morgan fingerprint density at radius 2 is 1.05 bits per heavy atom. The van der Waals surface area contributed by atoms with Gasteiger partial charge in [0, 0.05) is 43.8 Å². The van der Waals surface area contributed by atoms with Crippen LogP contribution in [0, 0.1) is 0 Å². The lowest BCUT2D eigenvalue weighted by Gasteiger charge is -2.34. The van der Waals surface area contributed by atoms with Gasteiger partial charge >= 0.3 is 0 Å². The van der Waals surface area contributed by atoms with E-state index in [0.29, 0.717) is 0 Å². The number of fused-ring (bicyclic) bond motifs is 12. The second-order valence-electron chi connectivity index (χ2n) is 19.4. The zero-order valence-electron chi connectivity index (χ0n) is 34.6. The van der Waals surface area contributed by atoms with Crippen LogP contribution in [-0.2, 0) is 21.7 Å². The van der Waals surface area contributed by atoms with Crippen LogP contribution >= 0.6 is 0 Å². The molecule has 0 bridgehead atoms. The van der Waals surface area contributed by atoms with Crippen LogP contribution in [-0.4, -0.2) is 0 Å². The van der Waals surface area contributed by atoms with E-state index in [0.717, 1.165) is 11.2 Å². The predicted octanol–water partition coefficient (Wildman–Crippen LogP) is 15.3. The van der Waals surface area contributed by atoms with Gasteiger partial charge in [0.05, 0.1) is 11.4 Å². The minimum Gasteiger partial charge on any atom is -0.456 e. The number of benzene rings is 7. The molecule has 0 saturated heterocycles. The summed E-state index contributed by atoms with van der Waals surface area (Å²) >= 11 is 0. The first-order chi connectivity index (χ1) is 27.2. The van der Waals surface area contributed by atoms with Gasteiger partial charge in [-0.15, -0.1) is 0 Å². The Bertz CT molecular complexity index is 3030. The van der Waals surface area contributed by atoms with Crippen molar-refractivity contribution in [2.75, 3.05) is 4.90 Å². The number of rotatable bonds is 3. The van der Waals surface area contributed by atoms with E-state index in [9.17, 15) is 0 Å². The van der Waals surface area contributed by atoms with E-state index in [4.69, 9.17) is 4.42 Å². The summed E-state index contributed by atoms with van der Waals surface area (Å²) in [4.78, 5) is 2.60. The van der Waals surface area contributed by atoms with Crippen molar-refractivity contribution in [2.45, 2.75) is 84.0 Å². The quantitative estimate of drug-likeness (QED) is 0.179. The van der Waals surface area contributed by atoms with E-state index in [-0.39, 0.29) is 21.7 Å². The molecule has 0 aliphatic heterocycles. The molecular weight excluding hydrogens is 691 g/mol. The standard InChI is InChI=1S/C55H49NO/c1-52(2,3)43-24-14-20-36-39-30-45-38(31-48(39)57-51(36)43)35-19-15-26-47(50(35)55(45,8)9)56(32-27-28-34-33-17-10-12-21-40(33)54(6,7)44(34)29-32)46-25-16-23-42-49(46)37-18-11-13-22-41(37)53(42,4)5/h10-31H,1-9H3. The summed E-state index contributed by atoms with van der Waals surface area (Å²) in [5.41, 5.74) is 22.3. The zero-order chi connectivity index (χ0) is 39.4. The number of hydrogen-bond acceptors (Lipinski definition) is 2. The third-order valence-electron chi connectivity index (χ3n) is 14.0. The molecule has 2 heteroatoms. The Labute approximate surface area is 336 Å². The molecule has 11 rings (SSSR count). The third-order valence-corrected chi connectivity index (χ3v) is 14.0. The van der Waals surface area contributed by atoms with Gasteiger partial charge in [0.15, 0.2) is 0 Å². The molecular formula is C55H49NO. The van der Waals surface area contributed by atoms with E-state index in [1.54, 1.807) is 0 Å². The van der Waals surface area contributed by atoms with Crippen molar-refractivity contribution in [2.24, 2.45) is 0 Å². The van der Waals surface area contributed by atoms with Crippen molar-refractivity contribution in [3.63, 3.8) is 0 Å². The molecule has 57 heavy (non-hydrogen) atoms. The van der Waals surface area contributed by atoms with Gasteiger partial charge < -0.3 is 9.32 Å². The van der Waals surface area contributed by atoms with Gasteiger partial charge in [0.25, 0.3) is 0 Å². The molecule has 0 spiro atoms. The molecule has 0 atom stereocenters. The molecule has 1 heterocycles. The van der Waals surface area contributed by atoms with Crippen LogP contribution in [0.1, 0.15) is 101 Å². The summed E-state index contributed by atoms with van der Waals surface area (Å²) in [6, 6.07) is 50.5. The highest BCUT2D eigenvalue weighted by atomic mass is 16.3. The lowest BCUT2D eigenvalue weighted by molar-refractivity contribution is 0.573. The zero-order valence-corrected chi connectivity index (χ0v) is 34.6. The fourth-order valence-corrected chi connectivity index (χ4v) is 11.1. The minimum atomic E-state index is -0.291. The van der Waals surface area contributed by atoms with E-state index in [1.165, 1.54) is 100 Å². The lowest BCUT2D eigenvalue weighted by Crippen LogP contribution is -2.22. The normalized spacial score (nSPS) is 16.2. The van der Waals surface area contributed by atoms with Crippen LogP contribution < -0.4 is 4.90 Å². The average molecular weight is 740 g/mol. The maximum atomic E-state index is 6.82. The summed E-state index contributed by atoms with van der Waals surface area (Å²) in [6.07, 6.45) is 0. The highest BCUT2D eigenvalue weighted by Gasteiger charge is 2.43. The summed E-state index contributed by atoms with van der Waals surface area (Å²) in [5.74, 6) is 0. The Morgan fingerprint density at radius 3 is 1.82 bits per heavy atom. The van der Waals surface area contributed by atoms with Gasteiger partial charge in [0.1, 0.15) is 11.2 Å². The molecule has 3 aliphatic rings. The largest absolute Gasteiger partial charge is 0.456 e. The SMILES string of the molecule is CC(C)(C)c1cccc2c1oc1cc3c(cc12)C(C)(C)c1c-3cccc1N(c1ccc2c(c1)C(C)(C)c1ccccc1-2)c1cccc2c1-c1ccccc1C2(C)C. The Kier molecular flexibility index (Phi) is 6.74. The highest BCUT2D eigenvalue weighted by Crippen LogP contribution is 2.60. The van der Waals surface area contributed by atoms with Gasteiger partial charge in [-0.1, -0.05) is 159 Å². The Hall–Kier alpha value is -5.86. The van der Waals surface area contributed by atoms with Crippen LogP contribution in [0.5, 0.6) is 0 Å². The number of hydrogen-bond donors (Lipinski definition) is 0. The molecule has 0 fully saturated rings. The molecule has 280 valence electrons. The number of anilines is 3. The van der Waals surface area contributed by atoms with Gasteiger partial charge in [-0.2, -0.15) is 0 Å². The summed E-state index contributed by atoms with van der Waals surface area (Å²) < 4.78 is 6.82. The highest BCUT2D eigenvalue weighted by molar-refractivity contribution is 6.09. The maximum absolute atomic E-state index is 6.82. The van der Waals surface area contributed by atoms with Gasteiger partial charge in [-0.25, -0.2) is 0 Å². The van der Waals surface area contributed by atoms with Crippen LogP contribution in [0.3, 0.4) is 0 Å². The number of para-hydroxylation sites is 1. The third kappa shape index (κ3) is 4.47. The van der Waals surface area contributed by atoms with Gasteiger partial charge in [-0.3, -0.25) is 0 Å². The van der Waals surface area contributed by atoms with E-state index < -0.39 is 0 Å². The van der Waals surface area contributed by atoms with Gasteiger partial charge in [-0.05, 0) is 103 Å². The number of nitrogens with zero attached hydrogens (tertiary/aromatic N) is 1. The number of furan rings is 1. The molecule has 0 unspecified atom stereocenters. The smallest absolute Gasteiger partial charge is 0.139 e. The molecule has 0 saturated carbocycles. The van der Waals surface area contributed by atoms with E-state index in [2.05, 4.69) is 201 Å². The Balaban J connectivity index is 1.18. The summed E-state index contributed by atoms with van der Waals surface area (Å²) in [5, 5.41) is 2.38. The molecule has 1 aromatic heterocycles. The molecule has 8 aromatic rings. The van der Waals surface area contributed by atoms with Crippen LogP contribution in [0.25, 0.3) is 55.3 Å². The Morgan fingerprint density at radius 1 is 0.456 bits per heavy atom. The van der Waals surface area contributed by atoms with Gasteiger partial charge in [0.2, 0.25) is 0 Å². The molecule has 7 aromatic carbocycles. The second kappa shape index (κ2) is 11.2. The van der Waals surface area contributed by atoms with Crippen LogP contribution in [0.2, 0.25) is 0 Å². The first kappa shape index (κ1) is 34.4. The molecule has 3 aliphatic carbocycles. The second-order valence-corrected chi connectivity index (χ2v) is 19.4. The van der Waals surface area contributed by atoms with Crippen molar-refractivity contribution < 1.29 is 4.42 Å². The first-order valence-electron chi connectivity index (χ1n) is 20.6. The fourth-order valence-electron chi connectivity index (χ4n) is 11.1. The monoisotopic (exact) mass is 739 g/mol. The summed E-state index contributed by atoms with van der Waals surface area (Å²) in [6.45, 7) is 21.2. The van der Waals surface area contributed by atoms with Crippen molar-refractivity contribution >= 4 is 39.0 Å². The first-order valence-corrected chi connectivity index (χ1v) is 20.6.